The number of hydrogen-bond donors (Lipinski definition) is 0. The normalized spacial score (nSPS) is 11.4. The van der Waals surface area contributed by atoms with Gasteiger partial charge in [-0.1, -0.05) is 6.92 Å². The molecule has 0 aromatic carbocycles. The summed E-state index contributed by atoms with van der Waals surface area (Å²) in [7, 11) is -5.04. The van der Waals surface area contributed by atoms with E-state index in [0.717, 1.165) is 0 Å². The molecular weight excluding hydrogens is 124 g/mol. The van der Waals surface area contributed by atoms with Gasteiger partial charge in [0.2, 0.25) is 0 Å². The molecule has 0 heterocycles. The van der Waals surface area contributed by atoms with Crippen molar-refractivity contribution in [2.24, 2.45) is 0 Å². The van der Waals surface area contributed by atoms with Crippen molar-refractivity contribution in [1.29, 1.82) is 0 Å². The van der Waals surface area contributed by atoms with Crippen molar-refractivity contribution in [3.63, 3.8) is 0 Å². The Labute approximate surface area is 40.7 Å². The first kappa shape index (κ1) is 7.09. The van der Waals surface area contributed by atoms with Crippen molar-refractivity contribution in [3.05, 3.63) is 0 Å². The molecule has 0 saturated heterocycles. The summed E-state index contributed by atoms with van der Waals surface area (Å²) in [5.74, 6) is 0.424. The van der Waals surface area contributed by atoms with Crippen LogP contribution in [0.25, 0.3) is 0 Å². The van der Waals surface area contributed by atoms with E-state index >= 15 is 0 Å². The molecule has 0 unspecified atom stereocenters. The minimum Gasteiger partial charge on any atom is -0.159 e. The van der Waals surface area contributed by atoms with Gasteiger partial charge < -0.3 is 0 Å². The summed E-state index contributed by atoms with van der Waals surface area (Å²) in [4.78, 5) is 0. The molecule has 0 atom stereocenters. The van der Waals surface area contributed by atoms with Gasteiger partial charge in [0.1, 0.15) is 0 Å². The molecule has 0 aliphatic rings. The fourth-order valence-electron chi connectivity index (χ4n) is 0.207. The van der Waals surface area contributed by atoms with Crippen LogP contribution in [0.15, 0.2) is 0 Å². The Bertz CT molecular complexity index is 84.1. The molecule has 0 aliphatic heterocycles. The highest BCUT2D eigenvalue weighted by Crippen LogP contribution is 2.52. The van der Waals surface area contributed by atoms with Crippen molar-refractivity contribution < 1.29 is 12.6 Å². The third kappa shape index (κ3) is 6.09. The molecule has 0 bridgehead atoms. The van der Waals surface area contributed by atoms with E-state index in [1.54, 1.807) is 0 Å². The van der Waals surface area contributed by atoms with E-state index in [2.05, 4.69) is 0 Å². The smallest absolute Gasteiger partial charge is 0.159 e. The van der Waals surface area contributed by atoms with Gasteiger partial charge in [-0.2, -0.15) is 12.6 Å². The van der Waals surface area contributed by atoms with Gasteiger partial charge in [0.05, 0.1) is 0 Å². The number of rotatable bonds is 1. The SMILES string of the molecule is CCC=P(F)(F)F. The third-order valence-electron chi connectivity index (χ3n) is 0.390. The lowest BCUT2D eigenvalue weighted by molar-refractivity contribution is 0.623. The first-order valence-corrected chi connectivity index (χ1v) is 3.41. The average molecular weight is 130 g/mol. The Morgan fingerprint density at radius 3 is 1.86 bits per heavy atom. The lowest BCUT2D eigenvalue weighted by atomic mass is 10.6. The fourth-order valence-corrected chi connectivity index (χ4v) is 0.621. The molecule has 7 heavy (non-hydrogen) atoms. The van der Waals surface area contributed by atoms with Gasteiger partial charge in [0, 0.05) is 5.80 Å². The fraction of sp³-hybridized carbons (Fsp3) is 0.667. The summed E-state index contributed by atoms with van der Waals surface area (Å²) in [5, 5.41) is 0. The molecule has 0 amide bonds. The Kier molecular flexibility index (Phi) is 2.44. The Balaban J connectivity index is 3.73. The Morgan fingerprint density at radius 2 is 1.86 bits per heavy atom. The van der Waals surface area contributed by atoms with Gasteiger partial charge in [-0.15, -0.1) is 0 Å². The van der Waals surface area contributed by atoms with E-state index in [9.17, 15) is 12.6 Å². The van der Waals surface area contributed by atoms with Crippen LogP contribution in [0.4, 0.5) is 12.6 Å². The van der Waals surface area contributed by atoms with E-state index < -0.39 is 7.82 Å². The van der Waals surface area contributed by atoms with Crippen LogP contribution < -0.4 is 0 Å². The summed E-state index contributed by atoms with van der Waals surface area (Å²) >= 11 is 0. The molecular formula is C3H6F3P. The zero-order valence-electron chi connectivity index (χ0n) is 3.87. The average Bonchev–Trinajstić information content (AvgIpc) is 1.30. The van der Waals surface area contributed by atoms with E-state index in [0.29, 0.717) is 5.80 Å². The van der Waals surface area contributed by atoms with Crippen LogP contribution in [0.5, 0.6) is 0 Å². The summed E-state index contributed by atoms with van der Waals surface area (Å²) in [6, 6.07) is 0. The van der Waals surface area contributed by atoms with E-state index in [1.165, 1.54) is 6.92 Å². The molecule has 44 valence electrons. The number of halogens is 3. The molecule has 0 N–H and O–H groups in total. The van der Waals surface area contributed by atoms with E-state index in [1.807, 2.05) is 0 Å². The van der Waals surface area contributed by atoms with Crippen LogP contribution in [0.1, 0.15) is 13.3 Å². The van der Waals surface area contributed by atoms with Crippen LogP contribution in [0.2, 0.25) is 0 Å². The molecule has 0 rings (SSSR count). The zero-order chi connectivity index (χ0) is 5.91. The molecule has 0 radical (unpaired) electrons. The van der Waals surface area contributed by atoms with Gasteiger partial charge in [-0.25, -0.2) is 0 Å². The second kappa shape index (κ2) is 2.41. The van der Waals surface area contributed by atoms with Crippen molar-refractivity contribution in [2.45, 2.75) is 13.3 Å². The predicted molar refractivity (Wildman–Crippen MR) is 26.6 cm³/mol. The van der Waals surface area contributed by atoms with Gasteiger partial charge in [0.15, 0.2) is 0 Å². The Morgan fingerprint density at radius 1 is 1.43 bits per heavy atom. The van der Waals surface area contributed by atoms with Crippen LogP contribution in [-0.2, 0) is 0 Å². The number of hydrogen-bond acceptors (Lipinski definition) is 0. The molecule has 4 heteroatoms. The summed E-state index contributed by atoms with van der Waals surface area (Å²) in [6.07, 6.45) is 0.108. The van der Waals surface area contributed by atoms with Crippen molar-refractivity contribution in [1.82, 2.24) is 0 Å². The van der Waals surface area contributed by atoms with Gasteiger partial charge in [-0.05, 0) is 6.42 Å². The summed E-state index contributed by atoms with van der Waals surface area (Å²) in [5.41, 5.74) is 0. The van der Waals surface area contributed by atoms with Crippen molar-refractivity contribution in [3.8, 4) is 0 Å². The first-order chi connectivity index (χ1) is 3.06. The topological polar surface area (TPSA) is 0 Å². The highest BCUT2D eigenvalue weighted by atomic mass is 31.2. The van der Waals surface area contributed by atoms with Crippen LogP contribution in [0.3, 0.4) is 0 Å². The highest BCUT2D eigenvalue weighted by molar-refractivity contribution is 7.59. The summed E-state index contributed by atoms with van der Waals surface area (Å²) in [6.45, 7) is 1.48. The molecule has 0 aromatic heterocycles. The largest absolute Gasteiger partial charge is 0.369 e. The quantitative estimate of drug-likeness (QED) is 0.478. The lowest BCUT2D eigenvalue weighted by Crippen LogP contribution is -1.61. The molecule has 0 saturated carbocycles. The third-order valence-corrected chi connectivity index (χ3v) is 1.17. The zero-order valence-corrected chi connectivity index (χ0v) is 4.76. The lowest BCUT2D eigenvalue weighted by Gasteiger charge is -1.86. The Hall–Kier alpha value is 0.0900. The maximum atomic E-state index is 11.1. The first-order valence-electron chi connectivity index (χ1n) is 1.88. The van der Waals surface area contributed by atoms with E-state index in [-0.39, 0.29) is 6.42 Å². The second-order valence-corrected chi connectivity index (χ2v) is 2.41. The van der Waals surface area contributed by atoms with Crippen LogP contribution >= 0.6 is 7.82 Å². The van der Waals surface area contributed by atoms with Crippen LogP contribution in [-0.4, -0.2) is 5.80 Å². The van der Waals surface area contributed by atoms with Gasteiger partial charge in [-0.3, -0.25) is 0 Å². The molecule has 0 fully saturated rings. The van der Waals surface area contributed by atoms with Gasteiger partial charge >= 0.3 is 7.82 Å². The maximum Gasteiger partial charge on any atom is 0.369 e. The van der Waals surface area contributed by atoms with Gasteiger partial charge in [0.25, 0.3) is 0 Å². The molecule has 0 spiro atoms. The van der Waals surface area contributed by atoms with Crippen molar-refractivity contribution in [2.75, 3.05) is 0 Å². The standard InChI is InChI=1S/C3H6F3P/c1-2-3-7(4,5)6/h3H,2H2,1H3. The predicted octanol–water partition coefficient (Wildman–Crippen LogP) is 2.87. The minimum absolute atomic E-state index is 0.108. The maximum absolute atomic E-state index is 11.1. The van der Waals surface area contributed by atoms with E-state index in [4.69, 9.17) is 0 Å². The summed E-state index contributed by atoms with van der Waals surface area (Å²) < 4.78 is 33.3. The molecule has 0 aromatic rings. The van der Waals surface area contributed by atoms with Crippen molar-refractivity contribution >= 4 is 13.6 Å². The molecule has 0 nitrogen and oxygen atoms in total. The second-order valence-electron chi connectivity index (χ2n) is 1.08. The highest BCUT2D eigenvalue weighted by Gasteiger charge is 2.07. The monoisotopic (exact) mass is 130 g/mol. The minimum atomic E-state index is -5.04. The van der Waals surface area contributed by atoms with Crippen LogP contribution in [0, 0.1) is 0 Å². The molecule has 0 aliphatic carbocycles.